The Morgan fingerprint density at radius 2 is 1.93 bits per heavy atom. The Bertz CT molecular complexity index is 171. The van der Waals surface area contributed by atoms with E-state index in [-0.39, 0.29) is 18.0 Å². The summed E-state index contributed by atoms with van der Waals surface area (Å²) in [6, 6.07) is 0.0863. The van der Waals surface area contributed by atoms with Crippen LogP contribution in [0.5, 0.6) is 0 Å². The number of hydrazine groups is 1. The van der Waals surface area contributed by atoms with E-state index in [9.17, 15) is 4.79 Å². The largest absolute Gasteiger partial charge is 0.352 e. The highest BCUT2D eigenvalue weighted by Gasteiger charge is 2.14. The van der Waals surface area contributed by atoms with Crippen molar-refractivity contribution >= 4 is 5.91 Å². The van der Waals surface area contributed by atoms with Gasteiger partial charge in [-0.15, -0.1) is 0 Å². The summed E-state index contributed by atoms with van der Waals surface area (Å²) < 4.78 is 0. The monoisotopic (exact) mass is 201 g/mol. The third kappa shape index (κ3) is 5.94. The minimum absolute atomic E-state index is 0.0552. The molecule has 0 radical (unpaired) electrons. The van der Waals surface area contributed by atoms with E-state index in [1.165, 1.54) is 0 Å². The lowest BCUT2D eigenvalue weighted by Gasteiger charge is -2.21. The van der Waals surface area contributed by atoms with Gasteiger partial charge in [0.2, 0.25) is 5.91 Å². The average molecular weight is 201 g/mol. The van der Waals surface area contributed by atoms with E-state index in [2.05, 4.69) is 17.7 Å². The lowest BCUT2D eigenvalue weighted by atomic mass is 10.2. The van der Waals surface area contributed by atoms with Crippen LogP contribution in [0.15, 0.2) is 0 Å². The zero-order valence-electron chi connectivity index (χ0n) is 9.92. The number of carbonyl (C=O) groups is 1. The number of nitrogens with one attached hydrogen (secondary N) is 2. The van der Waals surface area contributed by atoms with Crippen molar-refractivity contribution < 1.29 is 4.79 Å². The molecule has 0 aromatic heterocycles. The van der Waals surface area contributed by atoms with Crippen LogP contribution in [0.25, 0.3) is 0 Å². The first-order chi connectivity index (χ1) is 6.47. The molecular weight excluding hydrogens is 178 g/mol. The van der Waals surface area contributed by atoms with Gasteiger partial charge in [0.1, 0.15) is 0 Å². The number of nitrogens with zero attached hydrogens (tertiary/aromatic N) is 1. The Morgan fingerprint density at radius 1 is 1.36 bits per heavy atom. The summed E-state index contributed by atoms with van der Waals surface area (Å²) in [5.41, 5.74) is 3.01. The van der Waals surface area contributed by atoms with Gasteiger partial charge >= 0.3 is 0 Å². The fourth-order valence-electron chi connectivity index (χ4n) is 1.32. The summed E-state index contributed by atoms with van der Waals surface area (Å²) >= 11 is 0. The third-order valence-corrected chi connectivity index (χ3v) is 1.96. The predicted molar refractivity (Wildman–Crippen MR) is 58.8 cm³/mol. The third-order valence-electron chi connectivity index (χ3n) is 1.96. The fourth-order valence-corrected chi connectivity index (χ4v) is 1.32. The number of rotatable bonds is 6. The van der Waals surface area contributed by atoms with Crippen molar-refractivity contribution in [3.63, 3.8) is 0 Å². The van der Waals surface area contributed by atoms with Crippen LogP contribution in [0, 0.1) is 0 Å². The summed E-state index contributed by atoms with van der Waals surface area (Å²) in [6.45, 7) is 6.00. The molecule has 0 saturated carbocycles. The molecular formula is C10H23N3O. The van der Waals surface area contributed by atoms with Crippen LogP contribution in [0.3, 0.4) is 0 Å². The Morgan fingerprint density at radius 3 is 2.36 bits per heavy atom. The van der Waals surface area contributed by atoms with Gasteiger partial charge in [-0.3, -0.25) is 4.79 Å². The lowest BCUT2D eigenvalue weighted by Crippen LogP contribution is -2.49. The zero-order chi connectivity index (χ0) is 11.1. The molecule has 2 unspecified atom stereocenters. The zero-order valence-corrected chi connectivity index (χ0v) is 9.92. The van der Waals surface area contributed by atoms with Crippen LogP contribution >= 0.6 is 0 Å². The summed E-state index contributed by atoms with van der Waals surface area (Å²) in [6.07, 6.45) is 2.12. The molecule has 0 heterocycles. The van der Waals surface area contributed by atoms with Crippen molar-refractivity contribution in [3.05, 3.63) is 0 Å². The Hall–Kier alpha value is -0.610. The van der Waals surface area contributed by atoms with E-state index in [4.69, 9.17) is 0 Å². The Kier molecular flexibility index (Phi) is 6.49. The topological polar surface area (TPSA) is 44.4 Å². The molecule has 1 amide bonds. The van der Waals surface area contributed by atoms with Gasteiger partial charge in [-0.25, -0.2) is 10.4 Å². The average Bonchev–Trinajstić information content (AvgIpc) is 2.02. The van der Waals surface area contributed by atoms with Gasteiger partial charge in [0.25, 0.3) is 0 Å². The van der Waals surface area contributed by atoms with Gasteiger partial charge in [0.05, 0.1) is 6.04 Å². The normalized spacial score (nSPS) is 15.3. The van der Waals surface area contributed by atoms with Gasteiger partial charge in [-0.05, 0) is 20.3 Å². The highest BCUT2D eigenvalue weighted by molar-refractivity contribution is 5.81. The predicted octanol–water partition coefficient (Wildman–Crippen LogP) is 0.746. The van der Waals surface area contributed by atoms with E-state index in [0.717, 1.165) is 12.8 Å². The SMILES string of the molecule is CCCC(C)NC(=O)C(C)NN(C)C. The second-order valence-electron chi connectivity index (χ2n) is 3.94. The second kappa shape index (κ2) is 6.79. The first-order valence-electron chi connectivity index (χ1n) is 5.21. The van der Waals surface area contributed by atoms with Crippen LogP contribution in [0.2, 0.25) is 0 Å². The maximum absolute atomic E-state index is 11.6. The van der Waals surface area contributed by atoms with Gasteiger partial charge in [0, 0.05) is 20.1 Å². The molecule has 0 aromatic rings. The van der Waals surface area contributed by atoms with Crippen molar-refractivity contribution in [2.45, 2.75) is 45.7 Å². The molecule has 0 fully saturated rings. The molecule has 2 atom stereocenters. The van der Waals surface area contributed by atoms with E-state index in [1.54, 1.807) is 5.01 Å². The van der Waals surface area contributed by atoms with Crippen molar-refractivity contribution in [2.75, 3.05) is 14.1 Å². The maximum atomic E-state index is 11.6. The minimum atomic E-state index is -0.177. The fraction of sp³-hybridized carbons (Fsp3) is 0.900. The summed E-state index contributed by atoms with van der Waals surface area (Å²) in [5, 5.41) is 4.74. The van der Waals surface area contributed by atoms with Gasteiger partial charge in [-0.1, -0.05) is 13.3 Å². The first kappa shape index (κ1) is 13.4. The van der Waals surface area contributed by atoms with Crippen molar-refractivity contribution in [1.29, 1.82) is 0 Å². The van der Waals surface area contributed by atoms with Crippen LogP contribution in [-0.2, 0) is 4.79 Å². The summed E-state index contributed by atoms with van der Waals surface area (Å²) in [7, 11) is 3.75. The number of hydrogen-bond donors (Lipinski definition) is 2. The maximum Gasteiger partial charge on any atom is 0.238 e. The molecule has 4 heteroatoms. The molecule has 0 aliphatic heterocycles. The molecule has 84 valence electrons. The van der Waals surface area contributed by atoms with E-state index < -0.39 is 0 Å². The molecule has 2 N–H and O–H groups in total. The van der Waals surface area contributed by atoms with E-state index >= 15 is 0 Å². The standard InChI is InChI=1S/C10H23N3O/c1-6-7-8(2)11-10(14)9(3)12-13(4)5/h8-9,12H,6-7H2,1-5H3,(H,11,14). The number of hydrogen-bond acceptors (Lipinski definition) is 3. The molecule has 0 rings (SSSR count). The lowest BCUT2D eigenvalue weighted by molar-refractivity contribution is -0.124. The van der Waals surface area contributed by atoms with Crippen LogP contribution in [0.1, 0.15) is 33.6 Å². The van der Waals surface area contributed by atoms with Crippen molar-refractivity contribution in [2.24, 2.45) is 0 Å². The van der Waals surface area contributed by atoms with Crippen molar-refractivity contribution in [3.8, 4) is 0 Å². The van der Waals surface area contributed by atoms with Gasteiger partial charge in [-0.2, -0.15) is 0 Å². The van der Waals surface area contributed by atoms with Crippen LogP contribution in [-0.4, -0.2) is 37.1 Å². The number of carbonyl (C=O) groups excluding carboxylic acids is 1. The van der Waals surface area contributed by atoms with Crippen LogP contribution in [0.4, 0.5) is 0 Å². The second-order valence-corrected chi connectivity index (χ2v) is 3.94. The van der Waals surface area contributed by atoms with Crippen LogP contribution < -0.4 is 10.7 Å². The van der Waals surface area contributed by atoms with E-state index in [1.807, 2.05) is 27.9 Å². The highest BCUT2D eigenvalue weighted by atomic mass is 16.2. The molecule has 0 spiro atoms. The quantitative estimate of drug-likeness (QED) is 0.623. The van der Waals surface area contributed by atoms with Gasteiger partial charge < -0.3 is 5.32 Å². The molecule has 0 saturated heterocycles. The highest BCUT2D eigenvalue weighted by Crippen LogP contribution is 1.95. The Labute approximate surface area is 87.0 Å². The van der Waals surface area contributed by atoms with Gasteiger partial charge in [0.15, 0.2) is 0 Å². The molecule has 4 nitrogen and oxygen atoms in total. The molecule has 0 aromatic carbocycles. The molecule has 14 heavy (non-hydrogen) atoms. The summed E-state index contributed by atoms with van der Waals surface area (Å²) in [5.74, 6) is 0.0552. The number of amides is 1. The minimum Gasteiger partial charge on any atom is -0.352 e. The summed E-state index contributed by atoms with van der Waals surface area (Å²) in [4.78, 5) is 11.6. The molecule has 0 aliphatic rings. The first-order valence-corrected chi connectivity index (χ1v) is 5.21. The molecule has 0 aliphatic carbocycles. The Balaban J connectivity index is 3.82. The molecule has 0 bridgehead atoms. The van der Waals surface area contributed by atoms with Crippen molar-refractivity contribution in [1.82, 2.24) is 15.8 Å². The van der Waals surface area contributed by atoms with E-state index in [0.29, 0.717) is 0 Å². The smallest absolute Gasteiger partial charge is 0.238 e.